The van der Waals surface area contributed by atoms with Crippen LogP contribution in [0.4, 0.5) is 4.79 Å². The van der Waals surface area contributed by atoms with Crippen molar-refractivity contribution in [2.45, 2.75) is 58.1 Å². The molecule has 21 heavy (non-hydrogen) atoms. The Hall–Kier alpha value is -0.810. The molecule has 122 valence electrons. The monoisotopic (exact) mass is 297 g/mol. The number of amides is 1. The van der Waals surface area contributed by atoms with E-state index in [1.807, 2.05) is 25.7 Å². The normalized spacial score (nSPS) is 24.3. The van der Waals surface area contributed by atoms with Gasteiger partial charge in [0.25, 0.3) is 0 Å². The summed E-state index contributed by atoms with van der Waals surface area (Å²) < 4.78 is 5.42. The first-order valence-corrected chi connectivity index (χ1v) is 8.36. The molecule has 1 amide bonds. The summed E-state index contributed by atoms with van der Waals surface area (Å²) in [4.78, 5) is 13.8. The number of likely N-dealkylation sites (tertiary alicyclic amines) is 1. The molecule has 0 saturated carbocycles. The van der Waals surface area contributed by atoms with Crippen molar-refractivity contribution < 1.29 is 9.53 Å². The zero-order valence-electron chi connectivity index (χ0n) is 13.8. The molecule has 1 atom stereocenters. The molecule has 0 aromatic heterocycles. The van der Waals surface area contributed by atoms with Crippen LogP contribution in [0.3, 0.4) is 0 Å². The van der Waals surface area contributed by atoms with E-state index in [0.29, 0.717) is 12.0 Å². The summed E-state index contributed by atoms with van der Waals surface area (Å²) in [5, 5.41) is 7.09. The second-order valence-corrected chi connectivity index (χ2v) is 7.36. The standard InChI is InChI=1S/C16H31N3O2/c1-16(2,3)21-15(20)19-9-6-13(7-10-19)11-17-12-14-5-4-8-18-14/h13-14,17-18H,4-12H2,1-3H3. The fourth-order valence-corrected chi connectivity index (χ4v) is 3.04. The van der Waals surface area contributed by atoms with E-state index in [1.54, 1.807) is 0 Å². The van der Waals surface area contributed by atoms with E-state index in [0.717, 1.165) is 39.0 Å². The number of carbonyl (C=O) groups excluding carboxylic acids is 1. The Morgan fingerprint density at radius 2 is 1.95 bits per heavy atom. The third kappa shape index (κ3) is 5.83. The highest BCUT2D eigenvalue weighted by Crippen LogP contribution is 2.19. The molecule has 2 fully saturated rings. The molecule has 0 aromatic carbocycles. The lowest BCUT2D eigenvalue weighted by Crippen LogP contribution is -2.44. The number of nitrogens with one attached hydrogen (secondary N) is 2. The van der Waals surface area contributed by atoms with Gasteiger partial charge in [-0.15, -0.1) is 0 Å². The molecule has 0 radical (unpaired) electrons. The van der Waals surface area contributed by atoms with Gasteiger partial charge in [0.05, 0.1) is 0 Å². The zero-order valence-corrected chi connectivity index (χ0v) is 13.8. The average Bonchev–Trinajstić information content (AvgIpc) is 2.91. The summed E-state index contributed by atoms with van der Waals surface area (Å²) in [7, 11) is 0. The minimum atomic E-state index is -0.399. The van der Waals surface area contributed by atoms with Crippen LogP contribution >= 0.6 is 0 Å². The van der Waals surface area contributed by atoms with E-state index in [9.17, 15) is 4.79 Å². The van der Waals surface area contributed by atoms with E-state index in [4.69, 9.17) is 4.74 Å². The fourth-order valence-electron chi connectivity index (χ4n) is 3.04. The van der Waals surface area contributed by atoms with Crippen LogP contribution in [-0.2, 0) is 4.74 Å². The van der Waals surface area contributed by atoms with Crippen molar-refractivity contribution >= 4 is 6.09 Å². The van der Waals surface area contributed by atoms with Gasteiger partial charge in [-0.2, -0.15) is 0 Å². The fraction of sp³-hybridized carbons (Fsp3) is 0.938. The number of rotatable bonds is 4. The summed E-state index contributed by atoms with van der Waals surface area (Å²) in [6.07, 6.45) is 4.59. The summed E-state index contributed by atoms with van der Waals surface area (Å²) in [6.45, 7) is 10.7. The van der Waals surface area contributed by atoms with Gasteiger partial charge in [0.2, 0.25) is 0 Å². The number of ether oxygens (including phenoxy) is 1. The second-order valence-electron chi connectivity index (χ2n) is 7.36. The van der Waals surface area contributed by atoms with Crippen molar-refractivity contribution in [3.05, 3.63) is 0 Å². The lowest BCUT2D eigenvalue weighted by Gasteiger charge is -2.33. The van der Waals surface area contributed by atoms with Gasteiger partial charge >= 0.3 is 6.09 Å². The van der Waals surface area contributed by atoms with E-state index in [-0.39, 0.29) is 6.09 Å². The third-order valence-corrected chi connectivity index (χ3v) is 4.25. The van der Waals surface area contributed by atoms with Crippen LogP contribution in [0.15, 0.2) is 0 Å². The molecule has 2 heterocycles. The third-order valence-electron chi connectivity index (χ3n) is 4.25. The van der Waals surface area contributed by atoms with Crippen LogP contribution in [0.1, 0.15) is 46.5 Å². The molecule has 1 unspecified atom stereocenters. The molecule has 2 aliphatic rings. The molecule has 2 N–H and O–H groups in total. The number of nitrogens with zero attached hydrogens (tertiary/aromatic N) is 1. The first-order valence-electron chi connectivity index (χ1n) is 8.36. The van der Waals surface area contributed by atoms with Crippen LogP contribution < -0.4 is 10.6 Å². The predicted octanol–water partition coefficient (Wildman–Crippen LogP) is 1.98. The number of carbonyl (C=O) groups is 1. The van der Waals surface area contributed by atoms with Crippen LogP contribution in [0.25, 0.3) is 0 Å². The summed E-state index contributed by atoms with van der Waals surface area (Å²) in [5.41, 5.74) is -0.399. The highest BCUT2D eigenvalue weighted by molar-refractivity contribution is 5.68. The maximum absolute atomic E-state index is 12.0. The quantitative estimate of drug-likeness (QED) is 0.833. The van der Waals surface area contributed by atoms with Gasteiger partial charge in [0, 0.05) is 25.7 Å². The first-order chi connectivity index (χ1) is 9.94. The molecule has 0 aliphatic carbocycles. The summed E-state index contributed by atoms with van der Waals surface area (Å²) >= 11 is 0. The molecular weight excluding hydrogens is 266 g/mol. The molecule has 2 aliphatic heterocycles. The Bertz CT molecular complexity index is 327. The van der Waals surface area contributed by atoms with E-state index in [1.165, 1.54) is 19.4 Å². The molecular formula is C16H31N3O2. The van der Waals surface area contributed by atoms with Gasteiger partial charge in [0.15, 0.2) is 0 Å². The second kappa shape index (κ2) is 7.45. The van der Waals surface area contributed by atoms with Crippen molar-refractivity contribution in [3.8, 4) is 0 Å². The number of piperidine rings is 1. The smallest absolute Gasteiger partial charge is 0.410 e. The Labute approximate surface area is 128 Å². The van der Waals surface area contributed by atoms with Crippen LogP contribution in [0, 0.1) is 5.92 Å². The van der Waals surface area contributed by atoms with Gasteiger partial charge in [-0.05, 0) is 65.5 Å². The van der Waals surface area contributed by atoms with E-state index < -0.39 is 5.60 Å². The lowest BCUT2D eigenvalue weighted by atomic mass is 9.97. The molecule has 2 rings (SSSR count). The van der Waals surface area contributed by atoms with E-state index in [2.05, 4.69) is 10.6 Å². The Morgan fingerprint density at radius 3 is 2.52 bits per heavy atom. The molecule has 0 spiro atoms. The van der Waals surface area contributed by atoms with Crippen molar-refractivity contribution in [1.82, 2.24) is 15.5 Å². The van der Waals surface area contributed by atoms with Crippen LogP contribution in [0.5, 0.6) is 0 Å². The number of hydrogen-bond acceptors (Lipinski definition) is 4. The Balaban J connectivity index is 1.60. The largest absolute Gasteiger partial charge is 0.444 e. The zero-order chi connectivity index (χ0) is 15.3. The summed E-state index contributed by atoms with van der Waals surface area (Å²) in [6, 6.07) is 0.659. The van der Waals surface area contributed by atoms with Crippen molar-refractivity contribution in [2.24, 2.45) is 5.92 Å². The van der Waals surface area contributed by atoms with Gasteiger partial charge < -0.3 is 20.3 Å². The van der Waals surface area contributed by atoms with Crippen LogP contribution in [-0.4, -0.2) is 55.4 Å². The maximum atomic E-state index is 12.0. The average molecular weight is 297 g/mol. The minimum Gasteiger partial charge on any atom is -0.444 e. The van der Waals surface area contributed by atoms with Crippen molar-refractivity contribution in [1.29, 1.82) is 0 Å². The maximum Gasteiger partial charge on any atom is 0.410 e. The summed E-state index contributed by atoms with van der Waals surface area (Å²) in [5.74, 6) is 0.685. The molecule has 5 nitrogen and oxygen atoms in total. The molecule has 5 heteroatoms. The Kier molecular flexibility index (Phi) is 5.88. The topological polar surface area (TPSA) is 53.6 Å². The molecule has 2 saturated heterocycles. The highest BCUT2D eigenvalue weighted by atomic mass is 16.6. The van der Waals surface area contributed by atoms with E-state index >= 15 is 0 Å². The predicted molar refractivity (Wildman–Crippen MR) is 84.4 cm³/mol. The van der Waals surface area contributed by atoms with Gasteiger partial charge in [-0.3, -0.25) is 0 Å². The van der Waals surface area contributed by atoms with Gasteiger partial charge in [-0.25, -0.2) is 4.79 Å². The minimum absolute atomic E-state index is 0.163. The van der Waals surface area contributed by atoms with Crippen LogP contribution in [0.2, 0.25) is 0 Å². The SMILES string of the molecule is CC(C)(C)OC(=O)N1CCC(CNCC2CCCN2)CC1. The lowest BCUT2D eigenvalue weighted by molar-refractivity contribution is 0.0184. The highest BCUT2D eigenvalue weighted by Gasteiger charge is 2.26. The molecule has 0 aromatic rings. The Morgan fingerprint density at radius 1 is 1.24 bits per heavy atom. The number of hydrogen-bond donors (Lipinski definition) is 2. The van der Waals surface area contributed by atoms with Gasteiger partial charge in [-0.1, -0.05) is 0 Å². The first kappa shape index (κ1) is 16.6. The molecule has 0 bridgehead atoms. The van der Waals surface area contributed by atoms with Crippen molar-refractivity contribution in [3.63, 3.8) is 0 Å². The van der Waals surface area contributed by atoms with Gasteiger partial charge in [0.1, 0.15) is 5.60 Å². The van der Waals surface area contributed by atoms with Crippen molar-refractivity contribution in [2.75, 3.05) is 32.7 Å².